The standard InChI is InChI=1S/C20H39N3O3/c1-2-3-4-5-6-7-8-14-22(15-9-10-20(25)26)16-11-19(24)23-17-12-21-13-18-23/h21H,2-18H2,1H3,(H,25,26). The molecule has 0 bridgehead atoms. The van der Waals surface area contributed by atoms with Crippen LogP contribution >= 0.6 is 0 Å². The Bertz CT molecular complexity index is 384. The summed E-state index contributed by atoms with van der Waals surface area (Å²) >= 11 is 0. The smallest absolute Gasteiger partial charge is 0.303 e. The number of rotatable bonds is 15. The zero-order chi connectivity index (χ0) is 19.0. The Balaban J connectivity index is 2.25. The summed E-state index contributed by atoms with van der Waals surface area (Å²) in [6.07, 6.45) is 10.3. The molecule has 1 fully saturated rings. The van der Waals surface area contributed by atoms with Crippen LogP contribution in [0.15, 0.2) is 0 Å². The molecule has 1 heterocycles. The summed E-state index contributed by atoms with van der Waals surface area (Å²) in [6.45, 7) is 8.09. The van der Waals surface area contributed by atoms with Gasteiger partial charge in [-0.25, -0.2) is 0 Å². The summed E-state index contributed by atoms with van der Waals surface area (Å²) in [5, 5.41) is 12.1. The minimum absolute atomic E-state index is 0.208. The third kappa shape index (κ3) is 11.5. The zero-order valence-electron chi connectivity index (χ0n) is 16.7. The molecular weight excluding hydrogens is 330 g/mol. The molecule has 0 saturated carbocycles. The Kier molecular flexibility index (Phi) is 13.2. The average Bonchev–Trinajstić information content (AvgIpc) is 2.65. The van der Waals surface area contributed by atoms with Gasteiger partial charge in [-0.2, -0.15) is 0 Å². The lowest BCUT2D eigenvalue weighted by Gasteiger charge is -2.29. The largest absolute Gasteiger partial charge is 0.481 e. The lowest BCUT2D eigenvalue weighted by Crippen LogP contribution is -2.47. The second kappa shape index (κ2) is 15.0. The molecule has 1 amide bonds. The molecule has 0 aromatic carbocycles. The number of carbonyl (C=O) groups excluding carboxylic acids is 1. The molecule has 1 aliphatic rings. The van der Waals surface area contributed by atoms with E-state index in [0.717, 1.165) is 52.2 Å². The fourth-order valence-corrected chi connectivity index (χ4v) is 3.41. The molecule has 0 aliphatic carbocycles. The van der Waals surface area contributed by atoms with Gasteiger partial charge < -0.3 is 20.2 Å². The van der Waals surface area contributed by atoms with E-state index < -0.39 is 5.97 Å². The Hall–Kier alpha value is -1.14. The predicted molar refractivity (Wildman–Crippen MR) is 105 cm³/mol. The maximum absolute atomic E-state index is 12.3. The highest BCUT2D eigenvalue weighted by Crippen LogP contribution is 2.09. The number of amides is 1. The fraction of sp³-hybridized carbons (Fsp3) is 0.900. The first-order valence-electron chi connectivity index (χ1n) is 10.6. The Labute approximate surface area is 159 Å². The van der Waals surface area contributed by atoms with Crippen molar-refractivity contribution in [3.8, 4) is 0 Å². The molecule has 6 heteroatoms. The maximum atomic E-state index is 12.3. The third-order valence-electron chi connectivity index (χ3n) is 5.05. The van der Waals surface area contributed by atoms with Crippen LogP contribution in [-0.4, -0.2) is 72.6 Å². The van der Waals surface area contributed by atoms with Crippen molar-refractivity contribution in [3.05, 3.63) is 0 Å². The van der Waals surface area contributed by atoms with Gasteiger partial charge in [0.1, 0.15) is 0 Å². The Morgan fingerprint density at radius 1 is 0.885 bits per heavy atom. The molecule has 1 aliphatic heterocycles. The summed E-state index contributed by atoms with van der Waals surface area (Å²) in [5.41, 5.74) is 0. The molecule has 152 valence electrons. The minimum Gasteiger partial charge on any atom is -0.481 e. The first kappa shape index (κ1) is 22.9. The van der Waals surface area contributed by atoms with Gasteiger partial charge in [0, 0.05) is 45.6 Å². The molecule has 1 rings (SSSR count). The number of nitrogens with one attached hydrogen (secondary N) is 1. The zero-order valence-corrected chi connectivity index (χ0v) is 16.7. The van der Waals surface area contributed by atoms with Crippen molar-refractivity contribution in [1.29, 1.82) is 0 Å². The van der Waals surface area contributed by atoms with Gasteiger partial charge in [-0.15, -0.1) is 0 Å². The number of nitrogens with zero attached hydrogens (tertiary/aromatic N) is 2. The van der Waals surface area contributed by atoms with E-state index in [1.54, 1.807) is 0 Å². The molecule has 2 N–H and O–H groups in total. The predicted octanol–water partition coefficient (Wildman–Crippen LogP) is 2.73. The van der Waals surface area contributed by atoms with Crippen LogP contribution < -0.4 is 5.32 Å². The summed E-state index contributed by atoms with van der Waals surface area (Å²) in [7, 11) is 0. The molecule has 0 spiro atoms. The van der Waals surface area contributed by atoms with Gasteiger partial charge in [-0.05, 0) is 25.9 Å². The number of hydrogen-bond acceptors (Lipinski definition) is 4. The number of carbonyl (C=O) groups is 2. The van der Waals surface area contributed by atoms with E-state index in [1.807, 2.05) is 4.90 Å². The van der Waals surface area contributed by atoms with Crippen molar-refractivity contribution >= 4 is 11.9 Å². The number of hydrogen-bond donors (Lipinski definition) is 2. The van der Waals surface area contributed by atoms with Crippen molar-refractivity contribution in [3.63, 3.8) is 0 Å². The highest BCUT2D eigenvalue weighted by atomic mass is 16.4. The second-order valence-corrected chi connectivity index (χ2v) is 7.34. The van der Waals surface area contributed by atoms with Gasteiger partial charge in [-0.1, -0.05) is 45.4 Å². The first-order valence-corrected chi connectivity index (χ1v) is 10.6. The van der Waals surface area contributed by atoms with Crippen LogP contribution in [0.2, 0.25) is 0 Å². The Morgan fingerprint density at radius 2 is 1.50 bits per heavy atom. The lowest BCUT2D eigenvalue weighted by atomic mass is 10.1. The summed E-state index contributed by atoms with van der Waals surface area (Å²) in [5.74, 6) is -0.507. The van der Waals surface area contributed by atoms with Gasteiger partial charge >= 0.3 is 5.97 Å². The monoisotopic (exact) mass is 369 g/mol. The molecular formula is C20H39N3O3. The topological polar surface area (TPSA) is 72.9 Å². The van der Waals surface area contributed by atoms with Crippen LogP contribution in [0.3, 0.4) is 0 Å². The van der Waals surface area contributed by atoms with Gasteiger partial charge in [0.2, 0.25) is 5.91 Å². The first-order chi connectivity index (χ1) is 12.6. The molecule has 0 aromatic rings. The summed E-state index contributed by atoms with van der Waals surface area (Å²) in [4.78, 5) is 27.3. The van der Waals surface area contributed by atoms with Crippen molar-refractivity contribution in [2.45, 2.75) is 71.1 Å². The van der Waals surface area contributed by atoms with Crippen molar-refractivity contribution in [1.82, 2.24) is 15.1 Å². The quantitative estimate of drug-likeness (QED) is 0.434. The molecule has 0 unspecified atom stereocenters. The molecule has 6 nitrogen and oxygen atoms in total. The van der Waals surface area contributed by atoms with Gasteiger partial charge in [0.15, 0.2) is 0 Å². The minimum atomic E-state index is -0.738. The number of aliphatic carboxylic acids is 1. The van der Waals surface area contributed by atoms with Crippen molar-refractivity contribution in [2.75, 3.05) is 45.8 Å². The Morgan fingerprint density at radius 3 is 2.15 bits per heavy atom. The van der Waals surface area contributed by atoms with Crippen LogP contribution in [0.5, 0.6) is 0 Å². The van der Waals surface area contributed by atoms with Crippen LogP contribution in [-0.2, 0) is 9.59 Å². The van der Waals surface area contributed by atoms with Crippen LogP contribution in [0, 0.1) is 0 Å². The van der Waals surface area contributed by atoms with E-state index in [9.17, 15) is 9.59 Å². The number of carboxylic acids is 1. The number of unbranched alkanes of at least 4 members (excludes halogenated alkanes) is 6. The SMILES string of the molecule is CCCCCCCCCN(CCCC(=O)O)CCC(=O)N1CCNCC1. The average molecular weight is 370 g/mol. The normalized spacial score (nSPS) is 14.8. The molecule has 1 saturated heterocycles. The van der Waals surface area contributed by atoms with Gasteiger partial charge in [0.05, 0.1) is 0 Å². The van der Waals surface area contributed by atoms with E-state index in [2.05, 4.69) is 17.1 Å². The second-order valence-electron chi connectivity index (χ2n) is 7.34. The molecule has 26 heavy (non-hydrogen) atoms. The van der Waals surface area contributed by atoms with E-state index in [4.69, 9.17) is 5.11 Å². The van der Waals surface area contributed by atoms with Crippen LogP contribution in [0.25, 0.3) is 0 Å². The van der Waals surface area contributed by atoms with Crippen molar-refractivity contribution in [2.24, 2.45) is 0 Å². The van der Waals surface area contributed by atoms with E-state index in [0.29, 0.717) is 12.8 Å². The number of carboxylic acid groups (broad SMARTS) is 1. The van der Waals surface area contributed by atoms with E-state index >= 15 is 0 Å². The third-order valence-corrected chi connectivity index (χ3v) is 5.05. The van der Waals surface area contributed by atoms with Crippen LogP contribution in [0.1, 0.15) is 71.1 Å². The lowest BCUT2D eigenvalue weighted by molar-refractivity contribution is -0.137. The summed E-state index contributed by atoms with van der Waals surface area (Å²) in [6, 6.07) is 0. The van der Waals surface area contributed by atoms with Crippen molar-refractivity contribution < 1.29 is 14.7 Å². The fourth-order valence-electron chi connectivity index (χ4n) is 3.41. The van der Waals surface area contributed by atoms with E-state index in [1.165, 1.54) is 38.5 Å². The highest BCUT2D eigenvalue weighted by Gasteiger charge is 2.17. The molecule has 0 radical (unpaired) electrons. The van der Waals surface area contributed by atoms with Gasteiger partial charge in [-0.3, -0.25) is 9.59 Å². The summed E-state index contributed by atoms with van der Waals surface area (Å²) < 4.78 is 0. The van der Waals surface area contributed by atoms with E-state index in [-0.39, 0.29) is 12.3 Å². The molecule has 0 atom stereocenters. The van der Waals surface area contributed by atoms with Crippen LogP contribution in [0.4, 0.5) is 0 Å². The number of piperazine rings is 1. The van der Waals surface area contributed by atoms with Gasteiger partial charge in [0.25, 0.3) is 0 Å². The molecule has 0 aromatic heterocycles. The maximum Gasteiger partial charge on any atom is 0.303 e. The highest BCUT2D eigenvalue weighted by molar-refractivity contribution is 5.76.